The van der Waals surface area contributed by atoms with E-state index in [1.165, 1.54) is 20.1 Å². The normalized spacial score (nSPS) is 12.2. The van der Waals surface area contributed by atoms with Gasteiger partial charge in [-0.05, 0) is 31.5 Å². The summed E-state index contributed by atoms with van der Waals surface area (Å²) in [6.45, 7) is 3.36. The number of benzene rings is 3. The van der Waals surface area contributed by atoms with Gasteiger partial charge >= 0.3 is 5.97 Å². The number of rotatable bonds is 6. The Morgan fingerprint density at radius 1 is 1.00 bits per heavy atom. The smallest absolute Gasteiger partial charge is 0.344 e. The van der Waals surface area contributed by atoms with Gasteiger partial charge in [-0.1, -0.05) is 30.3 Å². The quantitative estimate of drug-likeness (QED) is 0.577. The summed E-state index contributed by atoms with van der Waals surface area (Å²) >= 11 is 0. The number of azo groups is 1. The zero-order valence-corrected chi connectivity index (χ0v) is 15.7. The third-order valence-electron chi connectivity index (χ3n) is 4.21. The molecule has 0 spiro atoms. The molecule has 0 saturated carbocycles. The van der Waals surface area contributed by atoms with Crippen molar-refractivity contribution >= 4 is 28.1 Å². The summed E-state index contributed by atoms with van der Waals surface area (Å²) in [5.74, 6) is -0.315. The molecule has 3 rings (SSSR count). The number of hydrogen-bond acceptors (Lipinski definition) is 6. The summed E-state index contributed by atoms with van der Waals surface area (Å²) in [4.78, 5) is 11.2. The molecular formula is C21H20N2O5. The van der Waals surface area contributed by atoms with Crippen molar-refractivity contribution in [3.63, 3.8) is 0 Å². The molecule has 0 aliphatic heterocycles. The van der Waals surface area contributed by atoms with Gasteiger partial charge in [0, 0.05) is 16.8 Å². The van der Waals surface area contributed by atoms with Crippen LogP contribution in [0.15, 0.2) is 58.8 Å². The highest BCUT2D eigenvalue weighted by molar-refractivity contribution is 5.97. The fourth-order valence-corrected chi connectivity index (χ4v) is 2.71. The van der Waals surface area contributed by atoms with E-state index in [0.29, 0.717) is 28.0 Å². The van der Waals surface area contributed by atoms with Gasteiger partial charge in [-0.25, -0.2) is 4.79 Å². The van der Waals surface area contributed by atoms with Crippen LogP contribution in [0.5, 0.6) is 17.2 Å². The number of hydrogen-bond donors (Lipinski definition) is 2. The number of methoxy groups -OCH3 is 1. The van der Waals surface area contributed by atoms with Gasteiger partial charge < -0.3 is 19.7 Å². The molecule has 28 heavy (non-hydrogen) atoms. The number of phenols is 1. The van der Waals surface area contributed by atoms with E-state index in [2.05, 4.69) is 10.2 Å². The van der Waals surface area contributed by atoms with Crippen LogP contribution in [-0.2, 0) is 4.79 Å². The number of ether oxygens (including phenoxy) is 2. The molecule has 3 aromatic rings. The molecule has 3 aromatic carbocycles. The first kappa shape index (κ1) is 19.2. The second kappa shape index (κ2) is 7.96. The molecule has 0 fully saturated rings. The molecule has 0 amide bonds. The summed E-state index contributed by atoms with van der Waals surface area (Å²) in [5, 5.41) is 29.2. The lowest BCUT2D eigenvalue weighted by molar-refractivity contribution is -0.144. The predicted octanol–water partition coefficient (Wildman–Crippen LogP) is 5.13. The maximum Gasteiger partial charge on any atom is 0.344 e. The fraction of sp³-hybridized carbons (Fsp3) is 0.190. The van der Waals surface area contributed by atoms with Crippen LogP contribution in [0.3, 0.4) is 0 Å². The fourth-order valence-electron chi connectivity index (χ4n) is 2.71. The second-order valence-corrected chi connectivity index (χ2v) is 6.26. The first-order valence-corrected chi connectivity index (χ1v) is 8.61. The molecule has 7 nitrogen and oxygen atoms in total. The SMILES string of the molecule is COc1ccc(C)cc1/N=N/c1cc(OC(C)C(=O)O)c2ccccc2c1O. The van der Waals surface area contributed by atoms with Crippen LogP contribution in [0.4, 0.5) is 11.4 Å². The average Bonchev–Trinajstić information content (AvgIpc) is 2.69. The number of aromatic hydroxyl groups is 1. The van der Waals surface area contributed by atoms with Crippen LogP contribution < -0.4 is 9.47 Å². The predicted molar refractivity (Wildman–Crippen MR) is 105 cm³/mol. The average molecular weight is 380 g/mol. The van der Waals surface area contributed by atoms with E-state index >= 15 is 0 Å². The topological polar surface area (TPSA) is 101 Å². The zero-order valence-electron chi connectivity index (χ0n) is 15.7. The number of carbonyl (C=O) groups is 1. The van der Waals surface area contributed by atoms with Crippen molar-refractivity contribution in [1.82, 2.24) is 0 Å². The molecule has 0 aliphatic carbocycles. The van der Waals surface area contributed by atoms with E-state index in [9.17, 15) is 9.90 Å². The monoisotopic (exact) mass is 380 g/mol. The number of fused-ring (bicyclic) bond motifs is 1. The first-order valence-electron chi connectivity index (χ1n) is 8.61. The third-order valence-corrected chi connectivity index (χ3v) is 4.21. The Labute approximate surface area is 161 Å². The van der Waals surface area contributed by atoms with Gasteiger partial charge in [-0.15, -0.1) is 10.2 Å². The molecule has 0 bridgehead atoms. The van der Waals surface area contributed by atoms with Crippen LogP contribution in [-0.4, -0.2) is 29.4 Å². The number of carboxylic acids is 1. The highest BCUT2D eigenvalue weighted by Gasteiger charge is 2.18. The van der Waals surface area contributed by atoms with Crippen LogP contribution in [0.2, 0.25) is 0 Å². The van der Waals surface area contributed by atoms with Crippen molar-refractivity contribution < 1.29 is 24.5 Å². The van der Waals surface area contributed by atoms with E-state index in [1.54, 1.807) is 30.3 Å². The van der Waals surface area contributed by atoms with Gasteiger partial charge in [-0.2, -0.15) is 0 Å². The molecule has 0 radical (unpaired) electrons. The molecule has 0 heterocycles. The summed E-state index contributed by atoms with van der Waals surface area (Å²) in [5.41, 5.74) is 1.66. The minimum absolute atomic E-state index is 0.0682. The van der Waals surface area contributed by atoms with E-state index in [-0.39, 0.29) is 11.4 Å². The number of nitrogens with zero attached hydrogens (tertiary/aromatic N) is 2. The lowest BCUT2D eigenvalue weighted by Gasteiger charge is -2.14. The van der Waals surface area contributed by atoms with Crippen molar-refractivity contribution in [2.75, 3.05) is 7.11 Å². The Morgan fingerprint density at radius 2 is 1.68 bits per heavy atom. The van der Waals surface area contributed by atoms with E-state index in [4.69, 9.17) is 14.6 Å². The number of phenolic OH excluding ortho intramolecular Hbond substituents is 1. The van der Waals surface area contributed by atoms with Gasteiger partial charge in [0.05, 0.1) is 7.11 Å². The maximum atomic E-state index is 11.2. The van der Waals surface area contributed by atoms with Gasteiger partial charge in [0.25, 0.3) is 0 Å². The molecule has 0 saturated heterocycles. The van der Waals surface area contributed by atoms with Crippen molar-refractivity contribution in [1.29, 1.82) is 0 Å². The Bertz CT molecular complexity index is 1060. The Hall–Kier alpha value is -3.61. The molecule has 144 valence electrons. The van der Waals surface area contributed by atoms with Crippen LogP contribution >= 0.6 is 0 Å². The number of aryl methyl sites for hydroxylation is 1. The summed E-state index contributed by atoms with van der Waals surface area (Å²) in [6, 6.07) is 13.9. The minimum Gasteiger partial charge on any atom is -0.505 e. The number of carboxylic acid groups (broad SMARTS) is 1. The van der Waals surface area contributed by atoms with Crippen LogP contribution in [0.25, 0.3) is 10.8 Å². The summed E-state index contributed by atoms with van der Waals surface area (Å²) in [6.07, 6.45) is -1.06. The molecular weight excluding hydrogens is 360 g/mol. The highest BCUT2D eigenvalue weighted by Crippen LogP contribution is 2.42. The van der Waals surface area contributed by atoms with Crippen molar-refractivity contribution in [3.05, 3.63) is 54.1 Å². The van der Waals surface area contributed by atoms with Crippen LogP contribution in [0.1, 0.15) is 12.5 Å². The van der Waals surface area contributed by atoms with Gasteiger partial charge in [0.1, 0.15) is 22.9 Å². The molecule has 0 aromatic heterocycles. The lowest BCUT2D eigenvalue weighted by Crippen LogP contribution is -2.22. The zero-order chi connectivity index (χ0) is 20.3. The Kier molecular flexibility index (Phi) is 5.44. The number of aliphatic carboxylic acids is 1. The Morgan fingerprint density at radius 3 is 2.36 bits per heavy atom. The molecule has 0 aliphatic rings. The van der Waals surface area contributed by atoms with E-state index in [0.717, 1.165) is 5.56 Å². The van der Waals surface area contributed by atoms with Gasteiger partial charge in [0.15, 0.2) is 11.9 Å². The van der Waals surface area contributed by atoms with Crippen molar-refractivity contribution in [2.45, 2.75) is 20.0 Å². The van der Waals surface area contributed by atoms with Gasteiger partial charge in [-0.3, -0.25) is 0 Å². The Balaban J connectivity index is 2.10. The second-order valence-electron chi connectivity index (χ2n) is 6.26. The summed E-state index contributed by atoms with van der Waals surface area (Å²) < 4.78 is 10.8. The highest BCUT2D eigenvalue weighted by atomic mass is 16.5. The van der Waals surface area contributed by atoms with Crippen molar-refractivity contribution in [2.24, 2.45) is 10.2 Å². The molecule has 1 atom stereocenters. The maximum absolute atomic E-state index is 11.2. The molecule has 7 heteroatoms. The van der Waals surface area contributed by atoms with E-state index in [1.807, 2.05) is 19.1 Å². The minimum atomic E-state index is -1.09. The molecule has 2 N–H and O–H groups in total. The van der Waals surface area contributed by atoms with Crippen LogP contribution in [0, 0.1) is 6.92 Å². The standard InChI is InChI=1S/C21H20N2O5/c1-12-8-9-18(27-3)16(10-12)22-23-17-11-19(28-13(2)21(25)26)14-6-4-5-7-15(14)20(17)24/h4-11,13,24H,1-3H3,(H,25,26)/b23-22+. The summed E-state index contributed by atoms with van der Waals surface area (Å²) in [7, 11) is 1.54. The molecule has 1 unspecified atom stereocenters. The lowest BCUT2D eigenvalue weighted by atomic mass is 10.1. The largest absolute Gasteiger partial charge is 0.505 e. The first-order chi connectivity index (χ1) is 13.4. The third kappa shape index (κ3) is 3.88. The van der Waals surface area contributed by atoms with E-state index < -0.39 is 12.1 Å². The van der Waals surface area contributed by atoms with Gasteiger partial charge in [0.2, 0.25) is 0 Å². The van der Waals surface area contributed by atoms with Crippen molar-refractivity contribution in [3.8, 4) is 17.2 Å².